The standard InChI is InChI=1S/C19H19N3O2/c1-10-8-9-14-6-5-7-15(18(14)20-10)22-19(24)17-11(2)16(13(4)23)12(3)21-17/h5-9,21H,1-4H3,(H,22,24). The van der Waals surface area contributed by atoms with Gasteiger partial charge in [-0.2, -0.15) is 0 Å². The number of carbonyl (C=O) groups excluding carboxylic acids is 2. The molecule has 0 atom stereocenters. The number of aromatic nitrogens is 2. The molecule has 1 amide bonds. The topological polar surface area (TPSA) is 74.8 Å². The van der Waals surface area contributed by atoms with Gasteiger partial charge in [-0.15, -0.1) is 0 Å². The maximum atomic E-state index is 12.7. The van der Waals surface area contributed by atoms with Crippen molar-refractivity contribution >= 4 is 28.3 Å². The molecule has 0 saturated heterocycles. The van der Waals surface area contributed by atoms with Crippen LogP contribution in [-0.2, 0) is 0 Å². The molecule has 0 aliphatic carbocycles. The third kappa shape index (κ3) is 2.69. The quantitative estimate of drug-likeness (QED) is 0.717. The molecule has 2 aromatic heterocycles. The Kier molecular flexibility index (Phi) is 3.93. The third-order valence-electron chi connectivity index (χ3n) is 4.12. The number of hydrogen-bond acceptors (Lipinski definition) is 3. The van der Waals surface area contributed by atoms with Crippen LogP contribution in [0.25, 0.3) is 10.9 Å². The molecule has 0 fully saturated rings. The van der Waals surface area contributed by atoms with E-state index in [1.165, 1.54) is 6.92 Å². The Labute approximate surface area is 140 Å². The lowest BCUT2D eigenvalue weighted by atomic mass is 10.1. The van der Waals surface area contributed by atoms with Gasteiger partial charge in [-0.1, -0.05) is 18.2 Å². The molecule has 1 aromatic carbocycles. The second-order valence-electron chi connectivity index (χ2n) is 5.97. The van der Waals surface area contributed by atoms with Crippen LogP contribution in [0.4, 0.5) is 5.69 Å². The van der Waals surface area contributed by atoms with Crippen LogP contribution in [0.15, 0.2) is 30.3 Å². The lowest BCUT2D eigenvalue weighted by Crippen LogP contribution is -2.14. The Balaban J connectivity index is 2.01. The number of carbonyl (C=O) groups is 2. The van der Waals surface area contributed by atoms with Gasteiger partial charge in [0.05, 0.1) is 11.2 Å². The molecule has 0 saturated carbocycles. The fourth-order valence-corrected chi connectivity index (χ4v) is 3.04. The van der Waals surface area contributed by atoms with Gasteiger partial charge in [0, 0.05) is 22.3 Å². The fraction of sp³-hybridized carbons (Fsp3) is 0.211. The average Bonchev–Trinajstić information content (AvgIpc) is 2.82. The van der Waals surface area contributed by atoms with Crippen molar-refractivity contribution in [2.45, 2.75) is 27.7 Å². The maximum absolute atomic E-state index is 12.7. The first-order valence-corrected chi connectivity index (χ1v) is 7.76. The smallest absolute Gasteiger partial charge is 0.272 e. The van der Waals surface area contributed by atoms with Crippen molar-refractivity contribution in [1.29, 1.82) is 0 Å². The number of para-hydroxylation sites is 1. The number of anilines is 1. The first kappa shape index (κ1) is 15.9. The number of aromatic amines is 1. The zero-order valence-electron chi connectivity index (χ0n) is 14.2. The van der Waals surface area contributed by atoms with Crippen molar-refractivity contribution in [2.24, 2.45) is 0 Å². The van der Waals surface area contributed by atoms with Crippen LogP contribution in [0.1, 0.15) is 44.7 Å². The molecule has 0 radical (unpaired) electrons. The molecule has 2 N–H and O–H groups in total. The molecule has 0 unspecified atom stereocenters. The van der Waals surface area contributed by atoms with Gasteiger partial charge in [-0.25, -0.2) is 0 Å². The summed E-state index contributed by atoms with van der Waals surface area (Å²) in [5, 5.41) is 3.87. The van der Waals surface area contributed by atoms with Crippen LogP contribution in [0.5, 0.6) is 0 Å². The minimum atomic E-state index is -0.279. The number of nitrogens with zero attached hydrogens (tertiary/aromatic N) is 1. The van der Waals surface area contributed by atoms with E-state index in [0.717, 1.165) is 16.6 Å². The summed E-state index contributed by atoms with van der Waals surface area (Å²) in [5.74, 6) is -0.332. The van der Waals surface area contributed by atoms with Gasteiger partial charge in [-0.05, 0) is 45.4 Å². The SMILES string of the molecule is CC(=O)c1c(C)[nH]c(C(=O)Nc2cccc3ccc(C)nc23)c1C. The molecule has 2 heterocycles. The van der Waals surface area contributed by atoms with Gasteiger partial charge in [0.2, 0.25) is 0 Å². The minimum absolute atomic E-state index is 0.0530. The number of aryl methyl sites for hydroxylation is 2. The number of amides is 1. The van der Waals surface area contributed by atoms with Crippen molar-refractivity contribution < 1.29 is 9.59 Å². The number of H-pyrrole nitrogens is 1. The van der Waals surface area contributed by atoms with E-state index < -0.39 is 0 Å². The summed E-state index contributed by atoms with van der Waals surface area (Å²) < 4.78 is 0. The third-order valence-corrected chi connectivity index (χ3v) is 4.12. The summed E-state index contributed by atoms with van der Waals surface area (Å²) in [7, 11) is 0. The fourth-order valence-electron chi connectivity index (χ4n) is 3.04. The van der Waals surface area contributed by atoms with Gasteiger partial charge >= 0.3 is 0 Å². The largest absolute Gasteiger partial charge is 0.354 e. The highest BCUT2D eigenvalue weighted by Gasteiger charge is 2.20. The van der Waals surface area contributed by atoms with Gasteiger partial charge in [0.1, 0.15) is 5.69 Å². The van der Waals surface area contributed by atoms with E-state index in [-0.39, 0.29) is 11.7 Å². The van der Waals surface area contributed by atoms with E-state index >= 15 is 0 Å². The molecule has 0 spiro atoms. The van der Waals surface area contributed by atoms with Crippen molar-refractivity contribution in [3.8, 4) is 0 Å². The van der Waals surface area contributed by atoms with Crippen molar-refractivity contribution in [3.63, 3.8) is 0 Å². The van der Waals surface area contributed by atoms with Crippen LogP contribution in [-0.4, -0.2) is 21.7 Å². The van der Waals surface area contributed by atoms with E-state index in [1.54, 1.807) is 13.8 Å². The number of Topliss-reactive ketones (excluding diaryl/α,β-unsaturated/α-hetero) is 1. The summed E-state index contributed by atoms with van der Waals surface area (Å²) in [4.78, 5) is 31.9. The number of rotatable bonds is 3. The number of nitrogens with one attached hydrogen (secondary N) is 2. The molecule has 3 aromatic rings. The summed E-state index contributed by atoms with van der Waals surface area (Å²) in [6.07, 6.45) is 0. The molecule has 0 aliphatic rings. The molecule has 0 bridgehead atoms. The summed E-state index contributed by atoms with van der Waals surface area (Å²) >= 11 is 0. The number of pyridine rings is 1. The van der Waals surface area contributed by atoms with Crippen LogP contribution in [0.3, 0.4) is 0 Å². The lowest BCUT2D eigenvalue weighted by Gasteiger charge is -2.08. The Hall–Kier alpha value is -2.95. The van der Waals surface area contributed by atoms with Crippen LogP contribution in [0.2, 0.25) is 0 Å². The van der Waals surface area contributed by atoms with Gasteiger partial charge in [0.25, 0.3) is 5.91 Å². The Morgan fingerprint density at radius 3 is 2.50 bits per heavy atom. The monoisotopic (exact) mass is 321 g/mol. The van der Waals surface area contributed by atoms with Gasteiger partial charge in [-0.3, -0.25) is 14.6 Å². The number of hydrogen-bond donors (Lipinski definition) is 2. The van der Waals surface area contributed by atoms with Crippen LogP contribution >= 0.6 is 0 Å². The predicted molar refractivity (Wildman–Crippen MR) is 94.7 cm³/mol. The van der Waals surface area contributed by atoms with E-state index in [2.05, 4.69) is 15.3 Å². The second kappa shape index (κ2) is 5.92. The number of fused-ring (bicyclic) bond motifs is 1. The number of ketones is 1. The molecule has 3 rings (SSSR count). The van der Waals surface area contributed by atoms with Crippen molar-refractivity contribution in [2.75, 3.05) is 5.32 Å². The minimum Gasteiger partial charge on any atom is -0.354 e. The summed E-state index contributed by atoms with van der Waals surface area (Å²) in [5.41, 5.74) is 4.64. The van der Waals surface area contributed by atoms with Crippen molar-refractivity contribution in [3.05, 3.63) is 58.5 Å². The van der Waals surface area contributed by atoms with E-state index in [4.69, 9.17) is 0 Å². The predicted octanol–water partition coefficient (Wildman–Crippen LogP) is 3.94. The molecule has 5 nitrogen and oxygen atoms in total. The first-order valence-electron chi connectivity index (χ1n) is 7.76. The van der Waals surface area contributed by atoms with Crippen LogP contribution < -0.4 is 5.32 Å². The maximum Gasteiger partial charge on any atom is 0.272 e. The molecular weight excluding hydrogens is 302 g/mol. The molecular formula is C19H19N3O2. The highest BCUT2D eigenvalue weighted by Crippen LogP contribution is 2.24. The summed E-state index contributed by atoms with van der Waals surface area (Å²) in [6, 6.07) is 9.57. The van der Waals surface area contributed by atoms with E-state index in [1.807, 2.05) is 37.3 Å². The highest BCUT2D eigenvalue weighted by atomic mass is 16.2. The highest BCUT2D eigenvalue weighted by molar-refractivity contribution is 6.10. The van der Waals surface area contributed by atoms with E-state index in [0.29, 0.717) is 28.2 Å². The zero-order chi connectivity index (χ0) is 17.4. The zero-order valence-corrected chi connectivity index (χ0v) is 14.2. The van der Waals surface area contributed by atoms with Crippen LogP contribution in [0, 0.1) is 20.8 Å². The first-order chi connectivity index (χ1) is 11.4. The molecule has 24 heavy (non-hydrogen) atoms. The Morgan fingerprint density at radius 2 is 1.83 bits per heavy atom. The average molecular weight is 321 g/mol. The molecule has 0 aliphatic heterocycles. The second-order valence-corrected chi connectivity index (χ2v) is 5.97. The van der Waals surface area contributed by atoms with Gasteiger partial charge in [0.15, 0.2) is 5.78 Å². The normalized spacial score (nSPS) is 10.8. The molecule has 5 heteroatoms. The van der Waals surface area contributed by atoms with Crippen molar-refractivity contribution in [1.82, 2.24) is 9.97 Å². The number of benzene rings is 1. The molecule has 122 valence electrons. The Morgan fingerprint density at radius 1 is 1.08 bits per heavy atom. The Bertz CT molecular complexity index is 970. The lowest BCUT2D eigenvalue weighted by molar-refractivity contribution is 0.101. The summed E-state index contributed by atoms with van der Waals surface area (Å²) in [6.45, 7) is 6.99. The van der Waals surface area contributed by atoms with E-state index in [9.17, 15) is 9.59 Å². The van der Waals surface area contributed by atoms with Gasteiger partial charge < -0.3 is 10.3 Å².